The second-order valence-electron chi connectivity index (χ2n) is 5.51. The molecule has 1 fully saturated rings. The number of rotatable bonds is 7. The van der Waals surface area contributed by atoms with Gasteiger partial charge in [-0.05, 0) is 37.0 Å². The van der Waals surface area contributed by atoms with Crippen LogP contribution in [0, 0.1) is 5.92 Å². The van der Waals surface area contributed by atoms with Gasteiger partial charge in [0.2, 0.25) is 11.8 Å². The first kappa shape index (κ1) is 17.3. The van der Waals surface area contributed by atoms with E-state index in [1.165, 1.54) is 37.4 Å². The summed E-state index contributed by atoms with van der Waals surface area (Å²) >= 11 is 4.70. The fourth-order valence-electron chi connectivity index (χ4n) is 2.52. The van der Waals surface area contributed by atoms with E-state index in [0.29, 0.717) is 11.7 Å². The van der Waals surface area contributed by atoms with Crippen molar-refractivity contribution in [2.45, 2.75) is 25.7 Å². The van der Waals surface area contributed by atoms with Crippen molar-refractivity contribution in [2.75, 3.05) is 23.4 Å². The molecule has 0 aromatic heterocycles. The van der Waals surface area contributed by atoms with Crippen molar-refractivity contribution in [3.05, 3.63) is 28.7 Å². The summed E-state index contributed by atoms with van der Waals surface area (Å²) in [5, 5.41) is 5.77. The lowest BCUT2D eigenvalue weighted by molar-refractivity contribution is -0.118. The van der Waals surface area contributed by atoms with E-state index in [9.17, 15) is 9.59 Å². The SMILES string of the molecule is O=C(CSCC(=O)Nc1cccc(Br)c1)NCC1CCCC1. The van der Waals surface area contributed by atoms with Gasteiger partial charge < -0.3 is 10.6 Å². The molecule has 1 aliphatic rings. The van der Waals surface area contributed by atoms with Crippen LogP contribution in [0.15, 0.2) is 28.7 Å². The van der Waals surface area contributed by atoms with E-state index in [0.717, 1.165) is 16.7 Å². The first-order valence-corrected chi connectivity index (χ1v) is 9.48. The number of benzene rings is 1. The summed E-state index contributed by atoms with van der Waals surface area (Å²) in [7, 11) is 0. The summed E-state index contributed by atoms with van der Waals surface area (Å²) in [5.41, 5.74) is 0.755. The van der Waals surface area contributed by atoms with Crippen LogP contribution in [0.2, 0.25) is 0 Å². The topological polar surface area (TPSA) is 58.2 Å². The van der Waals surface area contributed by atoms with Gasteiger partial charge in [-0.1, -0.05) is 34.8 Å². The predicted molar refractivity (Wildman–Crippen MR) is 95.1 cm³/mol. The number of thioether (sulfide) groups is 1. The second kappa shape index (κ2) is 9.20. The molecule has 1 aliphatic carbocycles. The maximum Gasteiger partial charge on any atom is 0.234 e. The number of carbonyl (C=O) groups excluding carboxylic acids is 2. The Kier molecular flexibility index (Phi) is 7.25. The van der Waals surface area contributed by atoms with Gasteiger partial charge >= 0.3 is 0 Å². The van der Waals surface area contributed by atoms with Gasteiger partial charge in [0, 0.05) is 16.7 Å². The molecule has 120 valence electrons. The highest BCUT2D eigenvalue weighted by molar-refractivity contribution is 9.10. The lowest BCUT2D eigenvalue weighted by Gasteiger charge is -2.10. The lowest BCUT2D eigenvalue weighted by Crippen LogP contribution is -2.30. The van der Waals surface area contributed by atoms with E-state index in [1.807, 2.05) is 24.3 Å². The van der Waals surface area contributed by atoms with Gasteiger partial charge in [-0.2, -0.15) is 0 Å². The van der Waals surface area contributed by atoms with Crippen molar-refractivity contribution in [3.8, 4) is 0 Å². The van der Waals surface area contributed by atoms with Crippen LogP contribution < -0.4 is 10.6 Å². The molecule has 4 nitrogen and oxygen atoms in total. The molecule has 0 heterocycles. The number of hydrogen-bond acceptors (Lipinski definition) is 3. The second-order valence-corrected chi connectivity index (χ2v) is 7.41. The summed E-state index contributed by atoms with van der Waals surface area (Å²) < 4.78 is 0.921. The number of hydrogen-bond donors (Lipinski definition) is 2. The van der Waals surface area contributed by atoms with Gasteiger partial charge in [-0.25, -0.2) is 0 Å². The van der Waals surface area contributed by atoms with Crippen LogP contribution in [-0.2, 0) is 9.59 Å². The van der Waals surface area contributed by atoms with Crippen LogP contribution in [0.4, 0.5) is 5.69 Å². The average Bonchev–Trinajstić information content (AvgIpc) is 2.98. The molecule has 0 saturated heterocycles. The number of carbonyl (C=O) groups is 2. The van der Waals surface area contributed by atoms with Gasteiger partial charge in [-0.3, -0.25) is 9.59 Å². The Balaban J connectivity index is 1.59. The highest BCUT2D eigenvalue weighted by Gasteiger charge is 2.15. The Morgan fingerprint density at radius 3 is 2.64 bits per heavy atom. The molecule has 2 amide bonds. The normalized spacial score (nSPS) is 14.8. The van der Waals surface area contributed by atoms with Crippen molar-refractivity contribution >= 4 is 45.2 Å². The molecular weight excluding hydrogens is 364 g/mol. The Bertz CT molecular complexity index is 519. The molecule has 0 aliphatic heterocycles. The smallest absolute Gasteiger partial charge is 0.234 e. The minimum atomic E-state index is -0.0910. The van der Waals surface area contributed by atoms with Gasteiger partial charge in [0.1, 0.15) is 0 Å². The Morgan fingerprint density at radius 2 is 1.91 bits per heavy atom. The van der Waals surface area contributed by atoms with Crippen molar-refractivity contribution in [3.63, 3.8) is 0 Å². The monoisotopic (exact) mass is 384 g/mol. The highest BCUT2D eigenvalue weighted by Crippen LogP contribution is 2.23. The van der Waals surface area contributed by atoms with Gasteiger partial charge in [0.15, 0.2) is 0 Å². The molecule has 1 aromatic carbocycles. The van der Waals surface area contributed by atoms with Crippen molar-refractivity contribution in [1.29, 1.82) is 0 Å². The van der Waals surface area contributed by atoms with Crippen LogP contribution in [-0.4, -0.2) is 29.9 Å². The standard InChI is InChI=1S/C16H21BrN2O2S/c17-13-6-3-7-14(8-13)19-16(21)11-22-10-15(20)18-9-12-4-1-2-5-12/h3,6-8,12H,1-2,4-5,9-11H2,(H,18,20)(H,19,21). The Labute approximate surface area is 143 Å². The number of nitrogens with one attached hydrogen (secondary N) is 2. The molecule has 2 N–H and O–H groups in total. The summed E-state index contributed by atoms with van der Waals surface area (Å²) in [6, 6.07) is 7.45. The molecule has 2 rings (SSSR count). The summed E-state index contributed by atoms with van der Waals surface area (Å²) in [4.78, 5) is 23.5. The number of anilines is 1. The van der Waals surface area contributed by atoms with E-state index in [2.05, 4.69) is 26.6 Å². The van der Waals surface area contributed by atoms with Crippen molar-refractivity contribution in [1.82, 2.24) is 5.32 Å². The zero-order valence-corrected chi connectivity index (χ0v) is 14.8. The van der Waals surface area contributed by atoms with Crippen LogP contribution in [0.1, 0.15) is 25.7 Å². The maximum absolute atomic E-state index is 11.8. The third-order valence-electron chi connectivity index (χ3n) is 3.64. The maximum atomic E-state index is 11.8. The summed E-state index contributed by atoms with van der Waals surface area (Å²) in [5.74, 6) is 1.19. The van der Waals surface area contributed by atoms with Crippen LogP contribution in [0.25, 0.3) is 0 Å². The molecule has 22 heavy (non-hydrogen) atoms. The summed E-state index contributed by atoms with van der Waals surface area (Å²) in [6.07, 6.45) is 5.01. The van der Waals surface area contributed by atoms with Gasteiger partial charge in [0.05, 0.1) is 11.5 Å². The van der Waals surface area contributed by atoms with Crippen molar-refractivity contribution < 1.29 is 9.59 Å². The molecule has 1 saturated carbocycles. The summed E-state index contributed by atoms with van der Waals surface area (Å²) in [6.45, 7) is 0.781. The molecule has 6 heteroatoms. The average molecular weight is 385 g/mol. The first-order valence-electron chi connectivity index (χ1n) is 7.53. The van der Waals surface area contributed by atoms with Crippen LogP contribution in [0.5, 0.6) is 0 Å². The van der Waals surface area contributed by atoms with Crippen molar-refractivity contribution in [2.24, 2.45) is 5.92 Å². The minimum Gasteiger partial charge on any atom is -0.355 e. The first-order chi connectivity index (χ1) is 10.6. The van der Waals surface area contributed by atoms with E-state index in [-0.39, 0.29) is 17.6 Å². The quantitative estimate of drug-likeness (QED) is 0.756. The molecular formula is C16H21BrN2O2S. The molecule has 0 unspecified atom stereocenters. The third kappa shape index (κ3) is 6.40. The van der Waals surface area contributed by atoms with E-state index in [1.54, 1.807) is 0 Å². The minimum absolute atomic E-state index is 0.0205. The van der Waals surface area contributed by atoms with Gasteiger partial charge in [0.25, 0.3) is 0 Å². The molecule has 0 atom stereocenters. The Hall–Kier alpha value is -1.01. The largest absolute Gasteiger partial charge is 0.355 e. The van der Waals surface area contributed by atoms with E-state index >= 15 is 0 Å². The molecule has 1 aromatic rings. The highest BCUT2D eigenvalue weighted by atomic mass is 79.9. The fourth-order valence-corrected chi connectivity index (χ4v) is 3.57. The molecule has 0 radical (unpaired) electrons. The van der Waals surface area contributed by atoms with Crippen LogP contribution in [0.3, 0.4) is 0 Å². The zero-order valence-electron chi connectivity index (χ0n) is 12.4. The predicted octanol–water partition coefficient (Wildman–Crippen LogP) is 3.43. The van der Waals surface area contributed by atoms with E-state index in [4.69, 9.17) is 0 Å². The molecule has 0 spiro atoms. The number of amides is 2. The number of halogens is 1. The lowest BCUT2D eigenvalue weighted by atomic mass is 10.1. The van der Waals surface area contributed by atoms with Crippen LogP contribution >= 0.6 is 27.7 Å². The van der Waals surface area contributed by atoms with Gasteiger partial charge in [-0.15, -0.1) is 11.8 Å². The van der Waals surface area contributed by atoms with E-state index < -0.39 is 0 Å². The zero-order chi connectivity index (χ0) is 15.8. The molecule has 0 bridgehead atoms. The fraction of sp³-hybridized carbons (Fsp3) is 0.500. The Morgan fingerprint density at radius 1 is 1.18 bits per heavy atom. The third-order valence-corrected chi connectivity index (χ3v) is 5.06.